The quantitative estimate of drug-likeness (QED) is 0.854. The Morgan fingerprint density at radius 2 is 2.14 bits per heavy atom. The number of benzene rings is 1. The van der Waals surface area contributed by atoms with Crippen molar-refractivity contribution in [3.8, 4) is 0 Å². The number of carbonyl (C=O) groups excluding carboxylic acids is 1. The molecular formula is C16H13ClN2OS. The van der Waals surface area contributed by atoms with Gasteiger partial charge in [0.1, 0.15) is 11.5 Å². The molecule has 1 aliphatic heterocycles. The number of aliphatic imine (C=N–C) groups is 1. The first-order valence-corrected chi connectivity index (χ1v) is 7.85. The van der Waals surface area contributed by atoms with Crippen molar-refractivity contribution >= 4 is 40.8 Å². The summed E-state index contributed by atoms with van der Waals surface area (Å²) in [5.41, 5.74) is 1.61. The number of nitrogens with zero attached hydrogens (tertiary/aromatic N) is 1. The molecule has 0 atom stereocenters. The Morgan fingerprint density at radius 1 is 1.24 bits per heavy atom. The third kappa shape index (κ3) is 3.60. The lowest BCUT2D eigenvalue weighted by atomic mass is 10.1. The van der Waals surface area contributed by atoms with E-state index in [1.54, 1.807) is 11.3 Å². The highest BCUT2D eigenvalue weighted by Crippen LogP contribution is 2.18. The Labute approximate surface area is 132 Å². The molecule has 0 saturated heterocycles. The van der Waals surface area contributed by atoms with Crippen molar-refractivity contribution in [2.75, 3.05) is 0 Å². The van der Waals surface area contributed by atoms with Crippen molar-refractivity contribution in [3.63, 3.8) is 0 Å². The van der Waals surface area contributed by atoms with E-state index in [0.717, 1.165) is 21.9 Å². The van der Waals surface area contributed by atoms with Crippen molar-refractivity contribution in [3.05, 3.63) is 62.9 Å². The van der Waals surface area contributed by atoms with Gasteiger partial charge in [-0.15, -0.1) is 11.3 Å². The highest BCUT2D eigenvalue weighted by atomic mass is 35.5. The summed E-state index contributed by atoms with van der Waals surface area (Å²) in [5.74, 6) is 0.576. The monoisotopic (exact) mass is 316 g/mol. The molecule has 3 nitrogen and oxygen atoms in total. The maximum absolute atomic E-state index is 11.9. The number of carbonyl (C=O) groups is 1. The van der Waals surface area contributed by atoms with Gasteiger partial charge in [-0.1, -0.05) is 29.8 Å². The van der Waals surface area contributed by atoms with Crippen LogP contribution in [0.15, 0.2) is 52.5 Å². The summed E-state index contributed by atoms with van der Waals surface area (Å²) >= 11 is 7.54. The van der Waals surface area contributed by atoms with Crippen LogP contribution in [0.1, 0.15) is 16.9 Å². The van der Waals surface area contributed by atoms with Gasteiger partial charge in [0.05, 0.1) is 0 Å². The molecule has 1 N–H and O–H groups in total. The van der Waals surface area contributed by atoms with Crippen LogP contribution in [0.2, 0.25) is 5.02 Å². The average Bonchev–Trinajstić information content (AvgIpc) is 3.08. The van der Waals surface area contributed by atoms with Gasteiger partial charge in [-0.05, 0) is 41.6 Å². The largest absolute Gasteiger partial charge is 0.309 e. The fraction of sp³-hybridized carbons (Fsp3) is 0.125. The second kappa shape index (κ2) is 6.24. The topological polar surface area (TPSA) is 41.5 Å². The highest BCUT2D eigenvalue weighted by Gasteiger charge is 2.19. The van der Waals surface area contributed by atoms with Crippen LogP contribution < -0.4 is 5.32 Å². The van der Waals surface area contributed by atoms with Crippen LogP contribution in [-0.2, 0) is 11.2 Å². The Bertz CT molecular complexity index is 720. The number of aryl methyl sites for hydroxylation is 1. The van der Waals surface area contributed by atoms with Gasteiger partial charge < -0.3 is 5.32 Å². The van der Waals surface area contributed by atoms with Gasteiger partial charge in [-0.25, -0.2) is 4.99 Å². The molecule has 5 heteroatoms. The maximum Gasteiger partial charge on any atom is 0.275 e. The first-order chi connectivity index (χ1) is 10.2. The zero-order chi connectivity index (χ0) is 14.7. The predicted octanol–water partition coefficient (Wildman–Crippen LogP) is 3.90. The van der Waals surface area contributed by atoms with Crippen molar-refractivity contribution in [1.82, 2.24) is 5.32 Å². The summed E-state index contributed by atoms with van der Waals surface area (Å²) in [7, 11) is 0. The second-order valence-electron chi connectivity index (χ2n) is 4.69. The van der Waals surface area contributed by atoms with Gasteiger partial charge in [0.2, 0.25) is 0 Å². The Hall–Kier alpha value is -1.91. The van der Waals surface area contributed by atoms with Gasteiger partial charge in [-0.2, -0.15) is 0 Å². The Balaban J connectivity index is 1.68. The van der Waals surface area contributed by atoms with Gasteiger partial charge in [-0.3, -0.25) is 4.79 Å². The number of hydrogen-bond acceptors (Lipinski definition) is 3. The molecule has 0 aliphatic carbocycles. The van der Waals surface area contributed by atoms with Crippen molar-refractivity contribution in [1.29, 1.82) is 0 Å². The molecule has 106 valence electrons. The standard InChI is InChI=1S/C16H13ClN2OS/c17-12-4-1-3-11(9-12)6-7-15-18-14(16(20)19-15)10-13-5-2-8-21-13/h1-5,8-10H,6-7H2,(H,18,19,20)/b14-10+. The van der Waals surface area contributed by atoms with E-state index in [-0.39, 0.29) is 5.91 Å². The van der Waals surface area contributed by atoms with Crippen LogP contribution in [-0.4, -0.2) is 11.7 Å². The number of hydrogen-bond donors (Lipinski definition) is 1. The van der Waals surface area contributed by atoms with Crippen LogP contribution in [0.5, 0.6) is 0 Å². The van der Waals surface area contributed by atoms with Gasteiger partial charge >= 0.3 is 0 Å². The molecule has 0 spiro atoms. The molecule has 0 bridgehead atoms. The van der Waals surface area contributed by atoms with E-state index < -0.39 is 0 Å². The minimum Gasteiger partial charge on any atom is -0.309 e. The fourth-order valence-electron chi connectivity index (χ4n) is 2.10. The molecule has 1 aromatic heterocycles. The van der Waals surface area contributed by atoms with Crippen molar-refractivity contribution < 1.29 is 4.79 Å². The Kier molecular flexibility index (Phi) is 4.18. The molecule has 3 rings (SSSR count). The van der Waals surface area contributed by atoms with Gasteiger partial charge in [0.15, 0.2) is 0 Å². The molecule has 0 unspecified atom stereocenters. The zero-order valence-corrected chi connectivity index (χ0v) is 12.7. The van der Waals surface area contributed by atoms with E-state index in [0.29, 0.717) is 18.0 Å². The first kappa shape index (κ1) is 14.0. The van der Waals surface area contributed by atoms with Crippen molar-refractivity contribution in [2.45, 2.75) is 12.8 Å². The van der Waals surface area contributed by atoms with Gasteiger partial charge in [0.25, 0.3) is 5.91 Å². The highest BCUT2D eigenvalue weighted by molar-refractivity contribution is 7.10. The summed E-state index contributed by atoms with van der Waals surface area (Å²) in [6.07, 6.45) is 3.30. The second-order valence-corrected chi connectivity index (χ2v) is 6.10. The molecule has 1 aromatic carbocycles. The number of amidine groups is 1. The molecular weight excluding hydrogens is 304 g/mol. The van der Waals surface area contributed by atoms with Gasteiger partial charge in [0, 0.05) is 16.3 Å². The number of thiophene rings is 1. The van der Waals surface area contributed by atoms with E-state index in [1.807, 2.05) is 47.9 Å². The van der Waals surface area contributed by atoms with Crippen LogP contribution in [0.4, 0.5) is 0 Å². The number of nitrogens with one attached hydrogen (secondary N) is 1. The zero-order valence-electron chi connectivity index (χ0n) is 11.2. The number of rotatable bonds is 4. The molecule has 2 heterocycles. The summed E-state index contributed by atoms with van der Waals surface area (Å²) in [6, 6.07) is 11.6. The minimum absolute atomic E-state index is 0.135. The molecule has 1 aliphatic rings. The maximum atomic E-state index is 11.9. The smallest absolute Gasteiger partial charge is 0.275 e. The van der Waals surface area contributed by atoms with E-state index in [4.69, 9.17) is 11.6 Å². The lowest BCUT2D eigenvalue weighted by Crippen LogP contribution is -2.24. The molecule has 1 amide bonds. The summed E-state index contributed by atoms with van der Waals surface area (Å²) in [6.45, 7) is 0. The van der Waals surface area contributed by atoms with E-state index in [9.17, 15) is 4.79 Å². The summed E-state index contributed by atoms with van der Waals surface area (Å²) < 4.78 is 0. The summed E-state index contributed by atoms with van der Waals surface area (Å²) in [5, 5.41) is 5.52. The molecule has 2 aromatic rings. The van der Waals surface area contributed by atoms with Crippen LogP contribution >= 0.6 is 22.9 Å². The SMILES string of the molecule is O=C1NC(CCc2cccc(Cl)c2)=N/C1=C/c1cccs1. The third-order valence-corrected chi connectivity index (χ3v) is 4.16. The minimum atomic E-state index is -0.135. The molecule has 21 heavy (non-hydrogen) atoms. The number of amides is 1. The molecule has 0 fully saturated rings. The fourth-order valence-corrected chi connectivity index (χ4v) is 2.96. The first-order valence-electron chi connectivity index (χ1n) is 6.59. The van der Waals surface area contributed by atoms with Crippen LogP contribution in [0, 0.1) is 0 Å². The lowest BCUT2D eigenvalue weighted by Gasteiger charge is -2.01. The van der Waals surface area contributed by atoms with E-state index in [2.05, 4.69) is 10.3 Å². The Morgan fingerprint density at radius 3 is 2.90 bits per heavy atom. The molecule has 0 saturated carbocycles. The van der Waals surface area contributed by atoms with Crippen molar-refractivity contribution in [2.24, 2.45) is 4.99 Å². The van der Waals surface area contributed by atoms with Crippen LogP contribution in [0.3, 0.4) is 0 Å². The van der Waals surface area contributed by atoms with Crippen LogP contribution in [0.25, 0.3) is 6.08 Å². The average molecular weight is 317 g/mol. The lowest BCUT2D eigenvalue weighted by molar-refractivity contribution is -0.115. The molecule has 0 radical (unpaired) electrons. The predicted molar refractivity (Wildman–Crippen MR) is 87.6 cm³/mol. The van der Waals surface area contributed by atoms with E-state index >= 15 is 0 Å². The van der Waals surface area contributed by atoms with E-state index in [1.165, 1.54) is 0 Å². The normalized spacial score (nSPS) is 16.1. The third-order valence-electron chi connectivity index (χ3n) is 3.11. The number of halogens is 1. The summed E-state index contributed by atoms with van der Waals surface area (Å²) in [4.78, 5) is 17.3.